The van der Waals surface area contributed by atoms with Gasteiger partial charge in [-0.15, -0.1) is 0 Å². The molecule has 0 aromatic heterocycles. The molecule has 1 saturated carbocycles. The Morgan fingerprint density at radius 3 is 2.30 bits per heavy atom. The molecule has 0 unspecified atom stereocenters. The SMILES string of the molecule is CC1CCC(NS(=O)(=O)c2ccc(CCO)cc2)CC1. The third-order valence-electron chi connectivity index (χ3n) is 3.97. The van der Waals surface area contributed by atoms with E-state index in [1.165, 1.54) is 0 Å². The maximum Gasteiger partial charge on any atom is 0.240 e. The highest BCUT2D eigenvalue weighted by molar-refractivity contribution is 7.89. The topological polar surface area (TPSA) is 66.4 Å². The lowest BCUT2D eigenvalue weighted by atomic mass is 9.88. The van der Waals surface area contributed by atoms with Crippen molar-refractivity contribution >= 4 is 10.0 Å². The average molecular weight is 297 g/mol. The van der Waals surface area contributed by atoms with Crippen LogP contribution in [0.3, 0.4) is 0 Å². The largest absolute Gasteiger partial charge is 0.396 e. The van der Waals surface area contributed by atoms with Crippen molar-refractivity contribution in [1.82, 2.24) is 4.72 Å². The van der Waals surface area contributed by atoms with E-state index < -0.39 is 10.0 Å². The number of rotatable bonds is 5. The molecule has 5 heteroatoms. The minimum Gasteiger partial charge on any atom is -0.396 e. The fourth-order valence-electron chi connectivity index (χ4n) is 2.63. The molecule has 0 bridgehead atoms. The first kappa shape index (κ1) is 15.5. The second kappa shape index (κ2) is 6.70. The Bertz CT molecular complexity index is 517. The van der Waals surface area contributed by atoms with Gasteiger partial charge in [0.2, 0.25) is 10.0 Å². The molecule has 0 spiro atoms. The molecule has 112 valence electrons. The molecule has 1 fully saturated rings. The lowest BCUT2D eigenvalue weighted by molar-refractivity contribution is 0.299. The zero-order chi connectivity index (χ0) is 14.6. The van der Waals surface area contributed by atoms with Crippen LogP contribution < -0.4 is 4.72 Å². The van der Waals surface area contributed by atoms with Crippen LogP contribution in [0.5, 0.6) is 0 Å². The van der Waals surface area contributed by atoms with Gasteiger partial charge in [0, 0.05) is 12.6 Å². The zero-order valence-electron chi connectivity index (χ0n) is 11.9. The van der Waals surface area contributed by atoms with Crippen LogP contribution in [0.2, 0.25) is 0 Å². The molecule has 0 radical (unpaired) electrons. The van der Waals surface area contributed by atoms with Crippen LogP contribution in [0.4, 0.5) is 0 Å². The summed E-state index contributed by atoms with van der Waals surface area (Å²) >= 11 is 0. The monoisotopic (exact) mass is 297 g/mol. The van der Waals surface area contributed by atoms with Gasteiger partial charge in [0.1, 0.15) is 0 Å². The van der Waals surface area contributed by atoms with Crippen molar-refractivity contribution in [2.75, 3.05) is 6.61 Å². The van der Waals surface area contributed by atoms with Crippen LogP contribution in [-0.2, 0) is 16.4 Å². The maximum atomic E-state index is 12.3. The van der Waals surface area contributed by atoms with Crippen LogP contribution >= 0.6 is 0 Å². The molecule has 1 aliphatic rings. The van der Waals surface area contributed by atoms with Gasteiger partial charge in [-0.3, -0.25) is 0 Å². The molecule has 1 aromatic rings. The van der Waals surface area contributed by atoms with Gasteiger partial charge in [0.25, 0.3) is 0 Å². The van der Waals surface area contributed by atoms with Crippen molar-refractivity contribution in [2.45, 2.75) is 50.0 Å². The van der Waals surface area contributed by atoms with Crippen LogP contribution in [0, 0.1) is 5.92 Å². The Hall–Kier alpha value is -0.910. The van der Waals surface area contributed by atoms with E-state index in [0.29, 0.717) is 17.2 Å². The van der Waals surface area contributed by atoms with Gasteiger partial charge < -0.3 is 5.11 Å². The highest BCUT2D eigenvalue weighted by Crippen LogP contribution is 2.24. The Morgan fingerprint density at radius 1 is 1.15 bits per heavy atom. The zero-order valence-corrected chi connectivity index (χ0v) is 12.7. The first-order valence-corrected chi connectivity index (χ1v) is 8.71. The third kappa shape index (κ3) is 4.04. The van der Waals surface area contributed by atoms with Gasteiger partial charge >= 0.3 is 0 Å². The van der Waals surface area contributed by atoms with E-state index in [9.17, 15) is 8.42 Å². The molecule has 0 aliphatic heterocycles. The smallest absolute Gasteiger partial charge is 0.240 e. The van der Waals surface area contributed by atoms with E-state index in [0.717, 1.165) is 31.2 Å². The second-order valence-electron chi connectivity index (χ2n) is 5.70. The molecule has 2 rings (SSSR count). The summed E-state index contributed by atoms with van der Waals surface area (Å²) in [5.74, 6) is 0.702. The number of sulfonamides is 1. The van der Waals surface area contributed by atoms with Crippen molar-refractivity contribution in [2.24, 2.45) is 5.92 Å². The molecular weight excluding hydrogens is 274 g/mol. The number of aliphatic hydroxyl groups excluding tert-OH is 1. The molecular formula is C15H23NO3S. The van der Waals surface area contributed by atoms with Crippen molar-refractivity contribution in [1.29, 1.82) is 0 Å². The summed E-state index contributed by atoms with van der Waals surface area (Å²) in [4.78, 5) is 0.304. The van der Waals surface area contributed by atoms with Crippen LogP contribution in [0.25, 0.3) is 0 Å². The molecule has 0 saturated heterocycles. The van der Waals surface area contributed by atoms with Crippen LogP contribution in [0.15, 0.2) is 29.2 Å². The summed E-state index contributed by atoms with van der Waals surface area (Å²) in [6.07, 6.45) is 4.56. The quantitative estimate of drug-likeness (QED) is 0.874. The van der Waals surface area contributed by atoms with Crippen molar-refractivity contribution in [3.8, 4) is 0 Å². The number of hydrogen-bond acceptors (Lipinski definition) is 3. The van der Waals surface area contributed by atoms with E-state index in [1.54, 1.807) is 24.3 Å². The van der Waals surface area contributed by atoms with Gasteiger partial charge in [-0.25, -0.2) is 13.1 Å². The Balaban J connectivity index is 2.02. The number of aliphatic hydroxyl groups is 1. The first-order valence-electron chi connectivity index (χ1n) is 7.23. The van der Waals surface area contributed by atoms with Crippen molar-refractivity contribution < 1.29 is 13.5 Å². The Labute approximate surface area is 121 Å². The predicted molar refractivity (Wildman–Crippen MR) is 79.0 cm³/mol. The van der Waals surface area contributed by atoms with Gasteiger partial charge in [-0.1, -0.05) is 19.1 Å². The molecule has 0 atom stereocenters. The van der Waals surface area contributed by atoms with Gasteiger partial charge in [-0.05, 0) is 55.7 Å². The molecule has 0 amide bonds. The fraction of sp³-hybridized carbons (Fsp3) is 0.600. The minimum absolute atomic E-state index is 0.0633. The summed E-state index contributed by atoms with van der Waals surface area (Å²) in [5.41, 5.74) is 0.943. The van der Waals surface area contributed by atoms with E-state index in [1.807, 2.05) is 0 Å². The van der Waals surface area contributed by atoms with Gasteiger partial charge in [0.05, 0.1) is 4.90 Å². The second-order valence-corrected chi connectivity index (χ2v) is 7.41. The normalized spacial score (nSPS) is 23.7. The summed E-state index contributed by atoms with van der Waals surface area (Å²) in [5, 5.41) is 8.86. The van der Waals surface area contributed by atoms with E-state index in [-0.39, 0.29) is 12.6 Å². The molecule has 1 aliphatic carbocycles. The van der Waals surface area contributed by atoms with E-state index in [2.05, 4.69) is 11.6 Å². The highest BCUT2D eigenvalue weighted by Gasteiger charge is 2.23. The Morgan fingerprint density at radius 2 is 1.75 bits per heavy atom. The van der Waals surface area contributed by atoms with Crippen molar-refractivity contribution in [3.63, 3.8) is 0 Å². The fourth-order valence-corrected chi connectivity index (χ4v) is 3.93. The lowest BCUT2D eigenvalue weighted by Crippen LogP contribution is -2.37. The Kier molecular flexibility index (Phi) is 5.18. The van der Waals surface area contributed by atoms with Gasteiger partial charge in [-0.2, -0.15) is 0 Å². The lowest BCUT2D eigenvalue weighted by Gasteiger charge is -2.26. The summed E-state index contributed by atoms with van der Waals surface area (Å²) in [7, 11) is -3.42. The number of hydrogen-bond donors (Lipinski definition) is 2. The standard InChI is InChI=1S/C15H23NO3S/c1-12-2-6-14(7-3-12)16-20(18,19)15-8-4-13(5-9-15)10-11-17/h4-5,8-9,12,14,16-17H,2-3,6-7,10-11H2,1H3. The minimum atomic E-state index is -3.42. The molecule has 20 heavy (non-hydrogen) atoms. The molecule has 4 nitrogen and oxygen atoms in total. The summed E-state index contributed by atoms with van der Waals surface area (Å²) in [6, 6.07) is 6.80. The number of benzene rings is 1. The van der Waals surface area contributed by atoms with Crippen molar-refractivity contribution in [3.05, 3.63) is 29.8 Å². The average Bonchev–Trinajstić information content (AvgIpc) is 2.42. The maximum absolute atomic E-state index is 12.3. The van der Waals surface area contributed by atoms with E-state index >= 15 is 0 Å². The van der Waals surface area contributed by atoms with Gasteiger partial charge in [0.15, 0.2) is 0 Å². The third-order valence-corrected chi connectivity index (χ3v) is 5.51. The first-order chi connectivity index (χ1) is 9.51. The van der Waals surface area contributed by atoms with Crippen LogP contribution in [-0.4, -0.2) is 26.2 Å². The molecule has 1 aromatic carbocycles. The van der Waals surface area contributed by atoms with Crippen LogP contribution in [0.1, 0.15) is 38.2 Å². The van der Waals surface area contributed by atoms with E-state index in [4.69, 9.17) is 5.11 Å². The predicted octanol–water partition coefficient (Wildman–Crippen LogP) is 2.08. The summed E-state index contributed by atoms with van der Waals surface area (Å²) < 4.78 is 27.4. The molecule has 2 N–H and O–H groups in total. The summed E-state index contributed by atoms with van der Waals surface area (Å²) in [6.45, 7) is 2.29. The molecule has 0 heterocycles. The number of nitrogens with one attached hydrogen (secondary N) is 1. The highest BCUT2D eigenvalue weighted by atomic mass is 32.2.